The van der Waals surface area contributed by atoms with Crippen molar-refractivity contribution in [2.45, 2.75) is 25.7 Å². The number of methoxy groups -OCH3 is 1. The molecule has 1 saturated carbocycles. The fraction of sp³-hybridized carbons (Fsp3) is 0.269. The predicted molar refractivity (Wildman–Crippen MR) is 135 cm³/mol. The van der Waals surface area contributed by atoms with E-state index in [9.17, 15) is 13.6 Å². The molecule has 5 rings (SSSR count). The Labute approximate surface area is 215 Å². The summed E-state index contributed by atoms with van der Waals surface area (Å²) in [5.74, 6) is 6.35. The van der Waals surface area contributed by atoms with E-state index >= 15 is 0 Å². The lowest BCUT2D eigenvalue weighted by Gasteiger charge is -2.15. The van der Waals surface area contributed by atoms with Crippen LogP contribution in [0.5, 0.6) is 5.75 Å². The topological polar surface area (TPSA) is 94.8 Å². The van der Waals surface area contributed by atoms with Crippen molar-refractivity contribution >= 4 is 22.4 Å². The molecule has 0 saturated heterocycles. The van der Waals surface area contributed by atoms with Gasteiger partial charge in [0.05, 0.1) is 18.4 Å². The molecule has 0 spiro atoms. The zero-order chi connectivity index (χ0) is 25.9. The van der Waals surface area contributed by atoms with Crippen LogP contribution in [0.1, 0.15) is 51.6 Å². The number of alkyl halides is 2. The lowest BCUT2D eigenvalue weighted by molar-refractivity contribution is 0.102. The van der Waals surface area contributed by atoms with Gasteiger partial charge in [0, 0.05) is 54.2 Å². The van der Waals surface area contributed by atoms with E-state index in [0.717, 1.165) is 18.5 Å². The van der Waals surface area contributed by atoms with Gasteiger partial charge in [-0.2, -0.15) is 5.10 Å². The number of nitrogens with one attached hydrogen (secondary N) is 1. The third-order valence-corrected chi connectivity index (χ3v) is 6.46. The van der Waals surface area contributed by atoms with Crippen molar-refractivity contribution in [2.75, 3.05) is 12.4 Å². The van der Waals surface area contributed by atoms with Crippen LogP contribution in [-0.2, 0) is 13.5 Å². The number of pyridine rings is 1. The summed E-state index contributed by atoms with van der Waals surface area (Å²) in [5, 5.41) is 15.9. The largest absolute Gasteiger partial charge is 0.496 e. The highest BCUT2D eigenvalue weighted by Gasteiger charge is 2.22. The first kappa shape index (κ1) is 24.5. The maximum absolute atomic E-state index is 13.6. The van der Waals surface area contributed by atoms with E-state index in [1.54, 1.807) is 10.7 Å². The third-order valence-electron chi connectivity index (χ3n) is 5.71. The van der Waals surface area contributed by atoms with Crippen LogP contribution in [0.2, 0.25) is 0 Å². The van der Waals surface area contributed by atoms with Crippen molar-refractivity contribution < 1.29 is 18.3 Å². The van der Waals surface area contributed by atoms with Gasteiger partial charge in [-0.25, -0.2) is 8.78 Å². The Kier molecular flexibility index (Phi) is 6.92. The molecule has 1 fully saturated rings. The molecule has 0 aliphatic heterocycles. The van der Waals surface area contributed by atoms with Crippen LogP contribution in [0.25, 0.3) is 11.1 Å². The number of rotatable bonds is 7. The summed E-state index contributed by atoms with van der Waals surface area (Å²) < 4.78 is 34.3. The zero-order valence-electron chi connectivity index (χ0n) is 20.0. The highest BCUT2D eigenvalue weighted by molar-refractivity contribution is 7.15. The van der Waals surface area contributed by atoms with Crippen molar-refractivity contribution in [3.63, 3.8) is 0 Å². The summed E-state index contributed by atoms with van der Waals surface area (Å²) >= 11 is 1.17. The average molecular weight is 521 g/mol. The Morgan fingerprint density at radius 3 is 2.76 bits per heavy atom. The van der Waals surface area contributed by atoms with Crippen LogP contribution < -0.4 is 10.1 Å². The molecule has 8 nitrogen and oxygen atoms in total. The number of aromatic nitrogens is 5. The van der Waals surface area contributed by atoms with Crippen LogP contribution in [0, 0.1) is 17.8 Å². The van der Waals surface area contributed by atoms with Gasteiger partial charge < -0.3 is 4.74 Å². The minimum absolute atomic E-state index is 0.176. The van der Waals surface area contributed by atoms with Gasteiger partial charge in [-0.1, -0.05) is 17.3 Å². The first-order chi connectivity index (χ1) is 17.9. The molecule has 1 aliphatic carbocycles. The third kappa shape index (κ3) is 5.81. The number of hydrogen-bond acceptors (Lipinski definition) is 7. The van der Waals surface area contributed by atoms with E-state index in [1.807, 2.05) is 19.3 Å². The zero-order valence-corrected chi connectivity index (χ0v) is 20.9. The van der Waals surface area contributed by atoms with Crippen molar-refractivity contribution in [1.29, 1.82) is 0 Å². The molecule has 3 heterocycles. The van der Waals surface area contributed by atoms with Gasteiger partial charge in [0.25, 0.3) is 12.3 Å². The summed E-state index contributed by atoms with van der Waals surface area (Å²) in [5.41, 5.74) is 2.13. The van der Waals surface area contributed by atoms with Gasteiger partial charge in [-0.15, -0.1) is 10.2 Å². The number of halogens is 2. The SMILES string of the molecule is COc1ccc(C(F)F)cc1-c1cc(Cc2ccn(C)n2)ncc1C(=O)Nc1nnc(C#CC2CC2)s1. The highest BCUT2D eigenvalue weighted by atomic mass is 32.1. The van der Waals surface area contributed by atoms with Gasteiger partial charge >= 0.3 is 0 Å². The molecule has 3 aromatic heterocycles. The fourth-order valence-electron chi connectivity index (χ4n) is 3.69. The van der Waals surface area contributed by atoms with Crippen LogP contribution in [-0.4, -0.2) is 38.0 Å². The Balaban J connectivity index is 1.51. The van der Waals surface area contributed by atoms with E-state index in [1.165, 1.54) is 42.8 Å². The molecule has 188 valence electrons. The molecule has 0 unspecified atom stereocenters. The summed E-state index contributed by atoms with van der Waals surface area (Å²) in [6.07, 6.45) is 3.14. The number of aryl methyl sites for hydroxylation is 1. The van der Waals surface area contributed by atoms with Gasteiger partial charge in [0.1, 0.15) is 5.75 Å². The Hall–Kier alpha value is -4.17. The normalized spacial score (nSPS) is 12.8. The first-order valence-electron chi connectivity index (χ1n) is 11.5. The highest BCUT2D eigenvalue weighted by Crippen LogP contribution is 2.36. The fourth-order valence-corrected chi connectivity index (χ4v) is 4.29. The van der Waals surface area contributed by atoms with Gasteiger partial charge in [-0.05, 0) is 49.1 Å². The van der Waals surface area contributed by atoms with E-state index in [-0.39, 0.29) is 16.3 Å². The standard InChI is InChI=1S/C26H22F2N6O2S/c1-34-10-9-17(33-34)12-18-13-19(20-11-16(24(27)28)6-7-22(20)36-2)21(14-29-18)25(35)30-26-32-31-23(37-26)8-5-15-3-4-15/h6-7,9-11,13-15,24H,3-4,12H2,1-2H3,(H,30,32,35). The average Bonchev–Trinajstić information content (AvgIpc) is 3.48. The molecule has 4 aromatic rings. The van der Waals surface area contributed by atoms with E-state index in [4.69, 9.17) is 4.74 Å². The minimum Gasteiger partial charge on any atom is -0.496 e. The minimum atomic E-state index is -2.69. The van der Waals surface area contributed by atoms with Gasteiger partial charge in [0.2, 0.25) is 5.13 Å². The van der Waals surface area contributed by atoms with E-state index < -0.39 is 12.3 Å². The summed E-state index contributed by atoms with van der Waals surface area (Å²) in [6, 6.07) is 7.65. The van der Waals surface area contributed by atoms with Crippen molar-refractivity contribution in [2.24, 2.45) is 13.0 Å². The maximum atomic E-state index is 13.6. The monoisotopic (exact) mass is 520 g/mol. The number of ether oxygens (including phenoxy) is 1. The second kappa shape index (κ2) is 10.4. The van der Waals surface area contributed by atoms with Crippen LogP contribution in [0.15, 0.2) is 42.7 Å². The molecule has 1 amide bonds. The van der Waals surface area contributed by atoms with Gasteiger partial charge in [0.15, 0.2) is 5.01 Å². The molecule has 37 heavy (non-hydrogen) atoms. The predicted octanol–water partition coefficient (Wildman–Crippen LogP) is 4.88. The lowest BCUT2D eigenvalue weighted by Crippen LogP contribution is -2.14. The quantitative estimate of drug-likeness (QED) is 0.349. The van der Waals surface area contributed by atoms with Crippen molar-refractivity contribution in [3.8, 4) is 28.7 Å². The molecule has 0 atom stereocenters. The second-order valence-electron chi connectivity index (χ2n) is 8.55. The maximum Gasteiger partial charge on any atom is 0.263 e. The number of hydrogen-bond donors (Lipinski definition) is 1. The van der Waals surface area contributed by atoms with Crippen molar-refractivity contribution in [1.82, 2.24) is 25.0 Å². The van der Waals surface area contributed by atoms with Crippen LogP contribution in [0.3, 0.4) is 0 Å². The number of nitrogens with zero attached hydrogens (tertiary/aromatic N) is 5. The smallest absolute Gasteiger partial charge is 0.263 e. The molecule has 1 aliphatic rings. The molecule has 11 heteroatoms. The molecule has 1 N–H and O–H groups in total. The molecular weight excluding hydrogens is 498 g/mol. The van der Waals surface area contributed by atoms with E-state index in [2.05, 4.69) is 37.4 Å². The Bertz CT molecular complexity index is 1520. The molecular formula is C26H22F2N6O2S. The first-order valence-corrected chi connectivity index (χ1v) is 12.3. The number of anilines is 1. The number of benzene rings is 1. The molecule has 0 radical (unpaired) electrons. The Morgan fingerprint density at radius 1 is 1.22 bits per heavy atom. The molecule has 0 bridgehead atoms. The van der Waals surface area contributed by atoms with E-state index in [0.29, 0.717) is 39.9 Å². The molecule has 1 aromatic carbocycles. The number of carbonyl (C=O) groups excluding carboxylic acids is 1. The Morgan fingerprint density at radius 2 is 2.05 bits per heavy atom. The lowest BCUT2D eigenvalue weighted by atomic mass is 9.96. The summed E-state index contributed by atoms with van der Waals surface area (Å²) in [7, 11) is 3.26. The van der Waals surface area contributed by atoms with Gasteiger partial charge in [-0.3, -0.25) is 19.8 Å². The number of carbonyl (C=O) groups is 1. The van der Waals surface area contributed by atoms with Crippen LogP contribution >= 0.6 is 11.3 Å². The van der Waals surface area contributed by atoms with Crippen LogP contribution in [0.4, 0.5) is 13.9 Å². The number of amides is 1. The summed E-state index contributed by atoms with van der Waals surface area (Å²) in [4.78, 5) is 17.8. The second-order valence-corrected chi connectivity index (χ2v) is 9.53. The van der Waals surface area contributed by atoms with Crippen molar-refractivity contribution in [3.05, 3.63) is 70.2 Å². The summed E-state index contributed by atoms with van der Waals surface area (Å²) in [6.45, 7) is 0.